The molecule has 3 nitrogen and oxygen atoms in total. The summed E-state index contributed by atoms with van der Waals surface area (Å²) in [6, 6.07) is 0. The molecule has 0 bridgehead atoms. The van der Waals surface area contributed by atoms with Crippen LogP contribution in [0.3, 0.4) is 0 Å². The Bertz CT molecular complexity index is 284. The van der Waals surface area contributed by atoms with Gasteiger partial charge in [0.15, 0.2) is 0 Å². The number of hydrogen-bond acceptors (Lipinski definition) is 4. The van der Waals surface area contributed by atoms with Gasteiger partial charge in [0, 0.05) is 23.9 Å². The first-order valence-electron chi connectivity index (χ1n) is 5.11. The first kappa shape index (κ1) is 10.1. The SMILES string of the molecule is CCc1nc(C2CCOC2)sc1CN. The normalized spacial score (nSPS) is 21.7. The van der Waals surface area contributed by atoms with E-state index in [1.165, 1.54) is 15.6 Å². The molecule has 1 aliphatic heterocycles. The predicted octanol–water partition coefficient (Wildman–Crippen LogP) is 1.67. The zero-order valence-electron chi connectivity index (χ0n) is 8.45. The van der Waals surface area contributed by atoms with Crippen molar-refractivity contribution >= 4 is 11.3 Å². The second-order valence-electron chi connectivity index (χ2n) is 3.54. The summed E-state index contributed by atoms with van der Waals surface area (Å²) in [5.41, 5.74) is 6.86. The summed E-state index contributed by atoms with van der Waals surface area (Å²) >= 11 is 1.77. The van der Waals surface area contributed by atoms with E-state index in [4.69, 9.17) is 10.5 Å². The Labute approximate surface area is 88.3 Å². The minimum absolute atomic E-state index is 0.519. The van der Waals surface area contributed by atoms with E-state index in [2.05, 4.69) is 11.9 Å². The highest BCUT2D eigenvalue weighted by Crippen LogP contribution is 2.30. The van der Waals surface area contributed by atoms with Gasteiger partial charge in [-0.05, 0) is 12.8 Å². The highest BCUT2D eigenvalue weighted by Gasteiger charge is 2.22. The van der Waals surface area contributed by atoms with Gasteiger partial charge in [0.1, 0.15) is 0 Å². The number of nitrogens with zero attached hydrogens (tertiary/aromatic N) is 1. The molecule has 2 heterocycles. The van der Waals surface area contributed by atoms with Crippen LogP contribution in [-0.2, 0) is 17.7 Å². The van der Waals surface area contributed by atoms with Gasteiger partial charge < -0.3 is 10.5 Å². The molecule has 1 unspecified atom stereocenters. The number of nitrogens with two attached hydrogens (primary N) is 1. The van der Waals surface area contributed by atoms with Crippen LogP contribution in [0, 0.1) is 0 Å². The Morgan fingerprint density at radius 1 is 1.64 bits per heavy atom. The van der Waals surface area contributed by atoms with Gasteiger partial charge in [0.05, 0.1) is 17.3 Å². The van der Waals surface area contributed by atoms with Crippen LogP contribution in [0.2, 0.25) is 0 Å². The van der Waals surface area contributed by atoms with E-state index in [1.54, 1.807) is 11.3 Å². The van der Waals surface area contributed by atoms with Crippen LogP contribution < -0.4 is 5.73 Å². The molecule has 0 spiro atoms. The van der Waals surface area contributed by atoms with Crippen LogP contribution in [0.5, 0.6) is 0 Å². The van der Waals surface area contributed by atoms with Crippen molar-refractivity contribution in [2.45, 2.75) is 32.2 Å². The molecule has 1 aromatic heterocycles. The number of thiazole rings is 1. The molecular formula is C10H16N2OS. The average molecular weight is 212 g/mol. The number of rotatable bonds is 3. The third kappa shape index (κ3) is 1.82. The van der Waals surface area contributed by atoms with Crippen molar-refractivity contribution in [2.24, 2.45) is 5.73 Å². The van der Waals surface area contributed by atoms with E-state index < -0.39 is 0 Å². The zero-order chi connectivity index (χ0) is 9.97. The molecule has 2 N–H and O–H groups in total. The Morgan fingerprint density at radius 2 is 2.50 bits per heavy atom. The summed E-state index contributed by atoms with van der Waals surface area (Å²) in [5, 5.41) is 1.22. The molecule has 0 radical (unpaired) electrons. The van der Waals surface area contributed by atoms with Crippen LogP contribution in [0.15, 0.2) is 0 Å². The molecule has 0 amide bonds. The Kier molecular flexibility index (Phi) is 3.15. The van der Waals surface area contributed by atoms with E-state index in [0.29, 0.717) is 12.5 Å². The van der Waals surface area contributed by atoms with E-state index in [9.17, 15) is 0 Å². The molecule has 14 heavy (non-hydrogen) atoms. The zero-order valence-corrected chi connectivity index (χ0v) is 9.27. The van der Waals surface area contributed by atoms with Crippen molar-refractivity contribution in [2.75, 3.05) is 13.2 Å². The van der Waals surface area contributed by atoms with Crippen molar-refractivity contribution in [1.29, 1.82) is 0 Å². The van der Waals surface area contributed by atoms with E-state index >= 15 is 0 Å². The van der Waals surface area contributed by atoms with Crippen molar-refractivity contribution in [1.82, 2.24) is 4.98 Å². The van der Waals surface area contributed by atoms with Crippen molar-refractivity contribution in [3.8, 4) is 0 Å². The molecule has 1 aromatic rings. The Morgan fingerprint density at radius 3 is 3.00 bits per heavy atom. The molecule has 0 saturated carbocycles. The van der Waals surface area contributed by atoms with Gasteiger partial charge in [-0.3, -0.25) is 0 Å². The Hall–Kier alpha value is -0.450. The largest absolute Gasteiger partial charge is 0.381 e. The van der Waals surface area contributed by atoms with Crippen LogP contribution in [0.4, 0.5) is 0 Å². The number of aryl methyl sites for hydroxylation is 1. The van der Waals surface area contributed by atoms with Crippen LogP contribution >= 0.6 is 11.3 Å². The summed E-state index contributed by atoms with van der Waals surface area (Å²) in [5.74, 6) is 0.519. The molecular weight excluding hydrogens is 196 g/mol. The first-order chi connectivity index (χ1) is 6.85. The highest BCUT2D eigenvalue weighted by atomic mass is 32.1. The lowest BCUT2D eigenvalue weighted by molar-refractivity contribution is 0.194. The third-order valence-electron chi connectivity index (χ3n) is 2.59. The Balaban J connectivity index is 2.21. The smallest absolute Gasteiger partial charge is 0.0986 e. The molecule has 1 saturated heterocycles. The minimum atomic E-state index is 0.519. The van der Waals surface area contributed by atoms with Crippen molar-refractivity contribution in [3.05, 3.63) is 15.6 Å². The molecule has 2 rings (SSSR count). The summed E-state index contributed by atoms with van der Waals surface area (Å²) in [4.78, 5) is 5.88. The average Bonchev–Trinajstić information content (AvgIpc) is 2.85. The molecule has 1 aliphatic rings. The van der Waals surface area contributed by atoms with Gasteiger partial charge in [0.2, 0.25) is 0 Å². The third-order valence-corrected chi connectivity index (χ3v) is 3.88. The lowest BCUT2D eigenvalue weighted by Gasteiger charge is -2.00. The fraction of sp³-hybridized carbons (Fsp3) is 0.700. The number of ether oxygens (including phenoxy) is 1. The second-order valence-corrected chi connectivity index (χ2v) is 4.66. The highest BCUT2D eigenvalue weighted by molar-refractivity contribution is 7.11. The number of aromatic nitrogens is 1. The topological polar surface area (TPSA) is 48.1 Å². The molecule has 1 atom stereocenters. The summed E-state index contributed by atoms with van der Waals surface area (Å²) in [6.07, 6.45) is 2.09. The standard InChI is InChI=1S/C10H16N2OS/c1-2-8-9(5-11)14-10(12-8)7-3-4-13-6-7/h7H,2-6,11H2,1H3. The van der Waals surface area contributed by atoms with Crippen molar-refractivity contribution < 1.29 is 4.74 Å². The van der Waals surface area contributed by atoms with Crippen LogP contribution in [0.1, 0.15) is 34.8 Å². The lowest BCUT2D eigenvalue weighted by Crippen LogP contribution is -1.97. The second kappa shape index (κ2) is 4.38. The van der Waals surface area contributed by atoms with Crippen LogP contribution in [-0.4, -0.2) is 18.2 Å². The molecule has 0 aromatic carbocycles. The lowest BCUT2D eigenvalue weighted by atomic mass is 10.1. The van der Waals surface area contributed by atoms with Gasteiger partial charge in [-0.1, -0.05) is 6.92 Å². The molecule has 1 fully saturated rings. The maximum atomic E-state index is 5.68. The van der Waals surface area contributed by atoms with E-state index in [0.717, 1.165) is 26.1 Å². The van der Waals surface area contributed by atoms with E-state index in [-0.39, 0.29) is 0 Å². The molecule has 0 aliphatic carbocycles. The summed E-state index contributed by atoms with van der Waals surface area (Å²) in [6.45, 7) is 4.46. The maximum Gasteiger partial charge on any atom is 0.0986 e. The summed E-state index contributed by atoms with van der Waals surface area (Å²) < 4.78 is 5.36. The monoisotopic (exact) mass is 212 g/mol. The predicted molar refractivity (Wildman–Crippen MR) is 57.6 cm³/mol. The fourth-order valence-corrected chi connectivity index (χ4v) is 2.89. The van der Waals surface area contributed by atoms with Gasteiger partial charge >= 0.3 is 0 Å². The fourth-order valence-electron chi connectivity index (χ4n) is 1.74. The summed E-state index contributed by atoms with van der Waals surface area (Å²) in [7, 11) is 0. The van der Waals surface area contributed by atoms with Gasteiger partial charge in [-0.15, -0.1) is 11.3 Å². The van der Waals surface area contributed by atoms with E-state index in [1.807, 2.05) is 0 Å². The first-order valence-corrected chi connectivity index (χ1v) is 5.93. The van der Waals surface area contributed by atoms with Crippen LogP contribution in [0.25, 0.3) is 0 Å². The quantitative estimate of drug-likeness (QED) is 0.829. The number of hydrogen-bond donors (Lipinski definition) is 1. The molecule has 4 heteroatoms. The minimum Gasteiger partial charge on any atom is -0.381 e. The van der Waals surface area contributed by atoms with Gasteiger partial charge in [0.25, 0.3) is 0 Å². The van der Waals surface area contributed by atoms with Gasteiger partial charge in [-0.25, -0.2) is 4.98 Å². The van der Waals surface area contributed by atoms with Gasteiger partial charge in [-0.2, -0.15) is 0 Å². The maximum absolute atomic E-state index is 5.68. The molecule has 78 valence electrons. The van der Waals surface area contributed by atoms with Crippen molar-refractivity contribution in [3.63, 3.8) is 0 Å².